The van der Waals surface area contributed by atoms with Crippen molar-refractivity contribution in [3.63, 3.8) is 0 Å². The lowest BCUT2D eigenvalue weighted by molar-refractivity contribution is -0.116. The fourth-order valence-corrected chi connectivity index (χ4v) is 1.67. The molecule has 0 fully saturated rings. The highest BCUT2D eigenvalue weighted by Crippen LogP contribution is 2.20. The van der Waals surface area contributed by atoms with Gasteiger partial charge in [-0.15, -0.1) is 11.6 Å². The molecule has 0 rings (SSSR count). The minimum Gasteiger partial charge on any atom is -0.299 e. The SMILES string of the molecule is CCC(Cl)CC(SC#N)C(C)=O. The number of thioether (sulfide) groups is 1. The number of rotatable bonds is 5. The van der Waals surface area contributed by atoms with E-state index in [9.17, 15) is 4.79 Å². The number of carbonyl (C=O) groups excluding carboxylic acids is 1. The smallest absolute Gasteiger partial charge is 0.143 e. The zero-order chi connectivity index (χ0) is 9.56. The standard InChI is InChI=1S/C8H12ClNOS/c1-3-7(9)4-8(6(2)11)12-5-10/h7-8H,3-4H2,1-2H3. The molecule has 68 valence electrons. The minimum atomic E-state index is -0.252. The van der Waals surface area contributed by atoms with E-state index in [1.165, 1.54) is 6.92 Å². The zero-order valence-corrected chi connectivity index (χ0v) is 8.78. The van der Waals surface area contributed by atoms with Gasteiger partial charge in [-0.2, -0.15) is 5.26 Å². The number of alkyl halides is 1. The van der Waals surface area contributed by atoms with Crippen molar-refractivity contribution in [1.82, 2.24) is 0 Å². The zero-order valence-electron chi connectivity index (χ0n) is 7.21. The van der Waals surface area contributed by atoms with Crippen LogP contribution in [0, 0.1) is 10.7 Å². The Balaban J connectivity index is 3.97. The van der Waals surface area contributed by atoms with Gasteiger partial charge in [-0.25, -0.2) is 0 Å². The summed E-state index contributed by atoms with van der Waals surface area (Å²) in [5.41, 5.74) is 0. The van der Waals surface area contributed by atoms with Crippen LogP contribution in [-0.4, -0.2) is 16.4 Å². The first-order valence-electron chi connectivity index (χ1n) is 3.81. The molecule has 0 heterocycles. The lowest BCUT2D eigenvalue weighted by atomic mass is 10.1. The van der Waals surface area contributed by atoms with Crippen LogP contribution in [-0.2, 0) is 4.79 Å². The van der Waals surface area contributed by atoms with Crippen molar-refractivity contribution in [3.05, 3.63) is 0 Å². The molecule has 4 heteroatoms. The van der Waals surface area contributed by atoms with Crippen molar-refractivity contribution in [1.29, 1.82) is 5.26 Å². The number of hydrogen-bond acceptors (Lipinski definition) is 3. The van der Waals surface area contributed by atoms with Crippen molar-refractivity contribution in [2.45, 2.75) is 37.3 Å². The van der Waals surface area contributed by atoms with Gasteiger partial charge >= 0.3 is 0 Å². The summed E-state index contributed by atoms with van der Waals surface area (Å²) in [6, 6.07) is 0. The van der Waals surface area contributed by atoms with Gasteiger partial charge in [0.2, 0.25) is 0 Å². The molecule has 0 aliphatic carbocycles. The van der Waals surface area contributed by atoms with E-state index >= 15 is 0 Å². The fraction of sp³-hybridized carbons (Fsp3) is 0.750. The first-order valence-corrected chi connectivity index (χ1v) is 5.12. The number of ketones is 1. The number of nitriles is 1. The summed E-state index contributed by atoms with van der Waals surface area (Å²) in [6.45, 7) is 3.46. The van der Waals surface area contributed by atoms with Crippen LogP contribution in [0.4, 0.5) is 0 Å². The minimum absolute atomic E-state index is 0.000231. The van der Waals surface area contributed by atoms with Crippen molar-refractivity contribution in [3.8, 4) is 5.40 Å². The van der Waals surface area contributed by atoms with Crippen LogP contribution in [0.15, 0.2) is 0 Å². The predicted octanol–water partition coefficient (Wildman–Crippen LogP) is 2.57. The lowest BCUT2D eigenvalue weighted by Crippen LogP contribution is -2.17. The number of Topliss-reactive ketones (excluding diaryl/α,β-unsaturated/α-hetero) is 1. The van der Waals surface area contributed by atoms with Crippen molar-refractivity contribution in [2.75, 3.05) is 0 Å². The molecule has 0 aromatic heterocycles. The Labute approximate surface area is 82.3 Å². The molecule has 0 aromatic carbocycles. The Bertz CT molecular complexity index is 190. The molecule has 12 heavy (non-hydrogen) atoms. The fourth-order valence-electron chi connectivity index (χ4n) is 0.760. The van der Waals surface area contributed by atoms with E-state index < -0.39 is 0 Å². The lowest BCUT2D eigenvalue weighted by Gasteiger charge is -2.11. The van der Waals surface area contributed by atoms with Gasteiger partial charge < -0.3 is 0 Å². The van der Waals surface area contributed by atoms with Crippen LogP contribution in [0.5, 0.6) is 0 Å². The first kappa shape index (κ1) is 11.8. The molecule has 2 unspecified atom stereocenters. The summed E-state index contributed by atoms with van der Waals surface area (Å²) in [6.07, 6.45) is 1.42. The van der Waals surface area contributed by atoms with Crippen molar-refractivity contribution < 1.29 is 4.79 Å². The van der Waals surface area contributed by atoms with E-state index in [-0.39, 0.29) is 16.4 Å². The van der Waals surface area contributed by atoms with Crippen LogP contribution < -0.4 is 0 Å². The molecular formula is C8H12ClNOS. The maximum atomic E-state index is 11.0. The summed E-state index contributed by atoms with van der Waals surface area (Å²) < 4.78 is 0. The molecule has 0 amide bonds. The number of nitrogens with zero attached hydrogens (tertiary/aromatic N) is 1. The first-order chi connectivity index (χ1) is 5.61. The Morgan fingerprint density at radius 3 is 2.67 bits per heavy atom. The molecule has 0 saturated carbocycles. The van der Waals surface area contributed by atoms with Gasteiger partial charge in [0.1, 0.15) is 11.2 Å². The molecule has 2 nitrogen and oxygen atoms in total. The number of carbonyl (C=O) groups is 1. The van der Waals surface area contributed by atoms with Crippen LogP contribution in [0.2, 0.25) is 0 Å². The largest absolute Gasteiger partial charge is 0.299 e. The van der Waals surface area contributed by atoms with E-state index in [2.05, 4.69) is 0 Å². The van der Waals surface area contributed by atoms with E-state index in [4.69, 9.17) is 16.9 Å². The quantitative estimate of drug-likeness (QED) is 0.512. The monoisotopic (exact) mass is 205 g/mol. The van der Waals surface area contributed by atoms with Crippen molar-refractivity contribution >= 4 is 29.1 Å². The molecule has 0 aliphatic rings. The van der Waals surface area contributed by atoms with Gasteiger partial charge in [0.15, 0.2) is 0 Å². The molecule has 0 saturated heterocycles. The second-order valence-electron chi connectivity index (χ2n) is 2.55. The predicted molar refractivity (Wildman–Crippen MR) is 52.2 cm³/mol. The third kappa shape index (κ3) is 4.63. The van der Waals surface area contributed by atoms with E-state index in [0.717, 1.165) is 18.2 Å². The average Bonchev–Trinajstić information content (AvgIpc) is 2.03. The van der Waals surface area contributed by atoms with E-state index in [1.807, 2.05) is 12.3 Å². The highest BCUT2D eigenvalue weighted by Gasteiger charge is 2.18. The van der Waals surface area contributed by atoms with Crippen LogP contribution in [0.1, 0.15) is 26.7 Å². The van der Waals surface area contributed by atoms with Crippen molar-refractivity contribution in [2.24, 2.45) is 0 Å². The molecule has 0 bridgehead atoms. The summed E-state index contributed by atoms with van der Waals surface area (Å²) in [5, 5.41) is 10.1. The second kappa shape index (κ2) is 6.33. The van der Waals surface area contributed by atoms with Crippen LogP contribution in [0.25, 0.3) is 0 Å². The Kier molecular flexibility index (Phi) is 6.23. The summed E-state index contributed by atoms with van der Waals surface area (Å²) in [4.78, 5) is 11.0. The second-order valence-corrected chi connectivity index (χ2v) is 4.15. The van der Waals surface area contributed by atoms with Crippen LogP contribution >= 0.6 is 23.4 Å². The topological polar surface area (TPSA) is 40.9 Å². The average molecular weight is 206 g/mol. The van der Waals surface area contributed by atoms with Gasteiger partial charge in [-0.05, 0) is 31.5 Å². The van der Waals surface area contributed by atoms with Gasteiger partial charge in [0, 0.05) is 5.38 Å². The molecule has 0 aromatic rings. The van der Waals surface area contributed by atoms with Gasteiger partial charge in [0.05, 0.1) is 5.25 Å². The van der Waals surface area contributed by atoms with Crippen LogP contribution in [0.3, 0.4) is 0 Å². The molecule has 0 radical (unpaired) electrons. The Morgan fingerprint density at radius 1 is 1.75 bits per heavy atom. The summed E-state index contributed by atoms with van der Waals surface area (Å²) >= 11 is 6.86. The number of hydrogen-bond donors (Lipinski definition) is 0. The third-order valence-corrected chi connectivity index (χ3v) is 2.96. The van der Waals surface area contributed by atoms with Gasteiger partial charge in [-0.3, -0.25) is 4.79 Å². The maximum Gasteiger partial charge on any atom is 0.143 e. The molecule has 0 N–H and O–H groups in total. The normalized spacial score (nSPS) is 14.8. The Hall–Kier alpha value is -0.200. The molecule has 0 aliphatic heterocycles. The summed E-state index contributed by atoms with van der Waals surface area (Å²) in [5.74, 6) is 0.0284. The van der Waals surface area contributed by atoms with E-state index in [0.29, 0.717) is 6.42 Å². The molecule has 2 atom stereocenters. The number of thiocyanates is 1. The van der Waals surface area contributed by atoms with Gasteiger partial charge in [-0.1, -0.05) is 6.92 Å². The maximum absolute atomic E-state index is 11.0. The summed E-state index contributed by atoms with van der Waals surface area (Å²) in [7, 11) is 0. The van der Waals surface area contributed by atoms with E-state index in [1.54, 1.807) is 0 Å². The molecule has 0 spiro atoms. The highest BCUT2D eigenvalue weighted by molar-refractivity contribution is 8.04. The number of halogens is 1. The Morgan fingerprint density at radius 2 is 2.33 bits per heavy atom. The van der Waals surface area contributed by atoms with Gasteiger partial charge in [0.25, 0.3) is 0 Å². The highest BCUT2D eigenvalue weighted by atomic mass is 35.5. The third-order valence-electron chi connectivity index (χ3n) is 1.56. The molecular weight excluding hydrogens is 194 g/mol.